The van der Waals surface area contributed by atoms with Crippen LogP contribution in [0.4, 0.5) is 14.5 Å². The lowest BCUT2D eigenvalue weighted by Gasteiger charge is -2.09. The van der Waals surface area contributed by atoms with Crippen LogP contribution in [-0.2, 0) is 13.2 Å². The highest BCUT2D eigenvalue weighted by Gasteiger charge is 2.17. The molecule has 2 N–H and O–H groups in total. The molecular weight excluding hydrogens is 282 g/mol. The Kier molecular flexibility index (Phi) is 4.44. The first-order valence-electron chi connectivity index (χ1n) is 6.06. The zero-order valence-corrected chi connectivity index (χ0v) is 10.9. The zero-order valence-electron chi connectivity index (χ0n) is 10.9. The van der Waals surface area contributed by atoms with Gasteiger partial charge in [-0.05, 0) is 17.7 Å². The molecule has 0 saturated carbocycles. The maximum atomic E-state index is 13.8. The van der Waals surface area contributed by atoms with Gasteiger partial charge in [0.25, 0.3) is 0 Å². The Morgan fingerprint density at radius 3 is 2.62 bits per heavy atom. The molecule has 0 bridgehead atoms. The molecule has 5 nitrogen and oxygen atoms in total. The molecule has 2 aromatic carbocycles. The topological polar surface area (TPSA) is 78.4 Å². The van der Waals surface area contributed by atoms with E-state index in [1.54, 1.807) is 6.07 Å². The van der Waals surface area contributed by atoms with Gasteiger partial charge >= 0.3 is 5.69 Å². The van der Waals surface area contributed by atoms with Crippen LogP contribution in [0.3, 0.4) is 0 Å². The normalized spacial score (nSPS) is 10.4. The number of hydrogen-bond acceptors (Lipinski definition) is 4. The van der Waals surface area contributed by atoms with E-state index < -0.39 is 22.2 Å². The number of nitrogens with zero attached hydrogens (tertiary/aromatic N) is 1. The van der Waals surface area contributed by atoms with Gasteiger partial charge in [-0.2, -0.15) is 4.39 Å². The molecule has 0 fully saturated rings. The predicted molar refractivity (Wildman–Crippen MR) is 71.7 cm³/mol. The molecule has 21 heavy (non-hydrogen) atoms. The van der Waals surface area contributed by atoms with Gasteiger partial charge in [0.15, 0.2) is 11.6 Å². The summed E-state index contributed by atoms with van der Waals surface area (Å²) in [6, 6.07) is 7.92. The van der Waals surface area contributed by atoms with Crippen LogP contribution < -0.4 is 10.5 Å². The lowest BCUT2D eigenvalue weighted by Crippen LogP contribution is -2.03. The molecule has 0 amide bonds. The fourth-order valence-electron chi connectivity index (χ4n) is 1.76. The van der Waals surface area contributed by atoms with Crippen LogP contribution in [0.5, 0.6) is 5.75 Å². The first-order chi connectivity index (χ1) is 10.0. The van der Waals surface area contributed by atoms with E-state index in [4.69, 9.17) is 10.5 Å². The molecule has 0 aliphatic rings. The lowest BCUT2D eigenvalue weighted by atomic mass is 10.2. The summed E-state index contributed by atoms with van der Waals surface area (Å²) in [4.78, 5) is 9.80. The minimum atomic E-state index is -0.985. The summed E-state index contributed by atoms with van der Waals surface area (Å²) in [7, 11) is 0. The monoisotopic (exact) mass is 294 g/mol. The molecule has 0 aliphatic heterocycles. The number of rotatable bonds is 5. The highest BCUT2D eigenvalue weighted by atomic mass is 19.1. The maximum Gasteiger partial charge on any atom is 0.305 e. The Hall–Kier alpha value is -2.54. The van der Waals surface area contributed by atoms with E-state index in [0.717, 1.165) is 6.07 Å². The van der Waals surface area contributed by atoms with E-state index in [1.165, 1.54) is 24.3 Å². The largest absolute Gasteiger partial charge is 0.486 e. The molecule has 0 aliphatic carbocycles. The smallest absolute Gasteiger partial charge is 0.305 e. The second kappa shape index (κ2) is 6.27. The molecule has 0 spiro atoms. The van der Waals surface area contributed by atoms with Gasteiger partial charge in [-0.25, -0.2) is 4.39 Å². The number of nitrogens with two attached hydrogens (primary N) is 1. The van der Waals surface area contributed by atoms with Crippen LogP contribution in [-0.4, -0.2) is 4.92 Å². The molecule has 0 unspecified atom stereocenters. The van der Waals surface area contributed by atoms with Crippen LogP contribution in [0, 0.1) is 21.7 Å². The van der Waals surface area contributed by atoms with Gasteiger partial charge in [0.05, 0.1) is 4.92 Å². The molecule has 0 heterocycles. The Labute approximate surface area is 119 Å². The Balaban J connectivity index is 2.17. The summed E-state index contributed by atoms with van der Waals surface area (Å²) in [5, 5.41) is 10.6. The molecule has 2 aromatic rings. The average molecular weight is 294 g/mol. The van der Waals surface area contributed by atoms with Crippen LogP contribution in [0.15, 0.2) is 36.4 Å². The molecule has 110 valence electrons. The summed E-state index contributed by atoms with van der Waals surface area (Å²) in [6.45, 7) is -0.122. The second-order valence-corrected chi connectivity index (χ2v) is 4.26. The van der Waals surface area contributed by atoms with Gasteiger partial charge in [-0.3, -0.25) is 10.1 Å². The SMILES string of the molecule is NCc1ccc(OCc2cccc([N+](=O)[O-])c2F)c(F)c1. The van der Waals surface area contributed by atoms with Gasteiger partial charge in [0.2, 0.25) is 5.82 Å². The standard InChI is InChI=1S/C14H12F2N2O3/c15-11-6-9(7-17)4-5-13(11)21-8-10-2-1-3-12(14(10)16)18(19)20/h1-6H,7-8,17H2. The van der Waals surface area contributed by atoms with Crippen molar-refractivity contribution < 1.29 is 18.4 Å². The molecule has 7 heteroatoms. The molecule has 0 aromatic heterocycles. The predicted octanol–water partition coefficient (Wildman–Crippen LogP) is 2.91. The quantitative estimate of drug-likeness (QED) is 0.679. The molecule has 0 radical (unpaired) electrons. The van der Waals surface area contributed by atoms with Crippen molar-refractivity contribution in [1.29, 1.82) is 0 Å². The lowest BCUT2D eigenvalue weighted by molar-refractivity contribution is -0.387. The van der Waals surface area contributed by atoms with Gasteiger partial charge in [-0.1, -0.05) is 18.2 Å². The van der Waals surface area contributed by atoms with Crippen molar-refractivity contribution in [2.24, 2.45) is 5.73 Å². The van der Waals surface area contributed by atoms with E-state index in [-0.39, 0.29) is 24.5 Å². The molecule has 0 atom stereocenters. The van der Waals surface area contributed by atoms with Crippen LogP contribution in [0.1, 0.15) is 11.1 Å². The fourth-order valence-corrected chi connectivity index (χ4v) is 1.76. The van der Waals surface area contributed by atoms with Crippen molar-refractivity contribution in [3.8, 4) is 5.75 Å². The third-order valence-electron chi connectivity index (χ3n) is 2.87. The van der Waals surface area contributed by atoms with Crippen molar-refractivity contribution in [1.82, 2.24) is 0 Å². The van der Waals surface area contributed by atoms with E-state index in [0.29, 0.717) is 5.56 Å². The van der Waals surface area contributed by atoms with Gasteiger partial charge in [0.1, 0.15) is 6.61 Å². The summed E-state index contributed by atoms with van der Waals surface area (Å²) in [5.41, 5.74) is 5.31. The minimum absolute atomic E-state index is 0.0218. The molecule has 0 saturated heterocycles. The summed E-state index contributed by atoms with van der Waals surface area (Å²) < 4.78 is 32.6. The number of hydrogen-bond donors (Lipinski definition) is 1. The van der Waals surface area contributed by atoms with E-state index in [1.807, 2.05) is 0 Å². The third-order valence-corrected chi connectivity index (χ3v) is 2.87. The highest BCUT2D eigenvalue weighted by molar-refractivity contribution is 5.37. The van der Waals surface area contributed by atoms with Crippen molar-refractivity contribution in [2.45, 2.75) is 13.2 Å². The maximum absolute atomic E-state index is 13.8. The first-order valence-corrected chi connectivity index (χ1v) is 6.06. The average Bonchev–Trinajstić information content (AvgIpc) is 2.46. The number of benzene rings is 2. The third kappa shape index (κ3) is 3.32. The molecular formula is C14H12F2N2O3. The van der Waals surface area contributed by atoms with Crippen molar-refractivity contribution in [2.75, 3.05) is 0 Å². The van der Waals surface area contributed by atoms with Gasteiger partial charge in [0, 0.05) is 18.2 Å². The van der Waals surface area contributed by atoms with E-state index in [2.05, 4.69) is 0 Å². The van der Waals surface area contributed by atoms with E-state index in [9.17, 15) is 18.9 Å². The van der Waals surface area contributed by atoms with Crippen molar-refractivity contribution in [3.05, 3.63) is 69.3 Å². The Bertz CT molecular complexity index is 677. The van der Waals surface area contributed by atoms with Crippen molar-refractivity contribution >= 4 is 5.69 Å². The number of ether oxygens (including phenoxy) is 1. The Morgan fingerprint density at radius 2 is 2.00 bits per heavy atom. The summed E-state index contributed by atoms with van der Waals surface area (Å²) in [6.07, 6.45) is 0. The minimum Gasteiger partial charge on any atom is -0.486 e. The van der Waals surface area contributed by atoms with Gasteiger partial charge < -0.3 is 10.5 Å². The van der Waals surface area contributed by atoms with Crippen LogP contribution in [0.2, 0.25) is 0 Å². The van der Waals surface area contributed by atoms with Gasteiger partial charge in [-0.15, -0.1) is 0 Å². The summed E-state index contributed by atoms with van der Waals surface area (Å²) in [5.74, 6) is -1.68. The highest BCUT2D eigenvalue weighted by Crippen LogP contribution is 2.23. The second-order valence-electron chi connectivity index (χ2n) is 4.26. The number of nitro benzene ring substituents is 1. The van der Waals surface area contributed by atoms with Crippen molar-refractivity contribution in [3.63, 3.8) is 0 Å². The summed E-state index contributed by atoms with van der Waals surface area (Å²) >= 11 is 0. The number of nitro groups is 1. The first kappa shape index (κ1) is 14.9. The Morgan fingerprint density at radius 1 is 1.24 bits per heavy atom. The van der Waals surface area contributed by atoms with Crippen LogP contribution in [0.25, 0.3) is 0 Å². The van der Waals surface area contributed by atoms with E-state index >= 15 is 0 Å². The fraction of sp³-hybridized carbons (Fsp3) is 0.143. The molecule has 2 rings (SSSR count). The zero-order chi connectivity index (χ0) is 15.4. The number of halogens is 2. The van der Waals surface area contributed by atoms with Crippen LogP contribution >= 0.6 is 0 Å².